The van der Waals surface area contributed by atoms with Gasteiger partial charge in [0.05, 0.1) is 0 Å². The molecule has 0 spiro atoms. The van der Waals surface area contributed by atoms with Crippen LogP contribution in [0.4, 0.5) is 0 Å². The van der Waals surface area contributed by atoms with Crippen LogP contribution in [0.5, 0.6) is 0 Å². The number of hydrogen-bond donors (Lipinski definition) is 7. The van der Waals surface area contributed by atoms with Crippen LogP contribution in [0.3, 0.4) is 0 Å². The van der Waals surface area contributed by atoms with E-state index < -0.39 is 16.9 Å². The van der Waals surface area contributed by atoms with Crippen LogP contribution < -0.4 is 0 Å². The minimum atomic E-state index is -4.64. The second-order valence-electron chi connectivity index (χ2n) is 1.11. The van der Waals surface area contributed by atoms with Gasteiger partial charge in [0, 0.05) is 0 Å². The molecule has 0 aliphatic carbocycles. The fraction of sp³-hybridized carbons (Fsp3) is 0. The molecule has 0 atom stereocenters. The van der Waals surface area contributed by atoms with Crippen LogP contribution >= 0.6 is 7.82 Å². The monoisotopic (exact) mass is 328 g/mol. The van der Waals surface area contributed by atoms with E-state index in [0.717, 1.165) is 0 Å². The second-order valence-corrected chi connectivity index (χ2v) is 3.34. The first kappa shape index (κ1) is 43.2. The van der Waals surface area contributed by atoms with Crippen molar-refractivity contribution >= 4 is 92.0 Å². The highest BCUT2D eigenvalue weighted by Gasteiger charge is 2.22. The third kappa shape index (κ3) is 558. The van der Waals surface area contributed by atoms with Crippen LogP contribution in [0, 0.1) is 0 Å². The normalized spacial score (nSPS) is 7.93. The quantitative estimate of drug-likeness (QED) is 0.168. The van der Waals surface area contributed by atoms with Crippen molar-refractivity contribution in [1.29, 1.82) is 0 Å². The van der Waals surface area contributed by atoms with Gasteiger partial charge in [0.25, 0.3) is 0 Å². The molecule has 0 rings (SSSR count). The Labute approximate surface area is 135 Å². The van der Waals surface area contributed by atoms with E-state index in [0.29, 0.717) is 0 Å². The summed E-state index contributed by atoms with van der Waals surface area (Å²) in [5.41, 5.74) is 0. The molecule has 0 aromatic rings. The van der Waals surface area contributed by atoms with Gasteiger partial charge >= 0.3 is 39.9 Å². The maximum absolute atomic E-state index is 8.88. The Bertz CT molecular complexity index is 118. The zero-order valence-corrected chi connectivity index (χ0v) is 6.88. The maximum Gasteiger partial charge on any atom is 0.668 e. The van der Waals surface area contributed by atoms with Crippen molar-refractivity contribution in [2.45, 2.75) is 0 Å². The Morgan fingerprint density at radius 2 is 0.800 bits per heavy atom. The lowest BCUT2D eigenvalue weighted by molar-refractivity contribution is 0.117. The maximum atomic E-state index is 8.88. The summed E-state index contributed by atoms with van der Waals surface area (Å²) in [6.07, 6.45) is 0. The highest BCUT2D eigenvalue weighted by atomic mass is 31.2. The zero-order chi connectivity index (χ0) is 9.00. The molecule has 0 aliphatic rings. The van der Waals surface area contributed by atoms with Crippen LogP contribution in [0.15, 0.2) is 0 Å². The SMILES string of the molecule is O.O=P(O)(O)O.O[Si](O)(O)O.[AlH3].[AlH3].[AlH3].[MgH2]. The first-order valence-corrected chi connectivity index (χ1v) is 5.03. The van der Waals surface area contributed by atoms with Gasteiger partial charge in [-0.1, -0.05) is 0 Å². The summed E-state index contributed by atoms with van der Waals surface area (Å²) in [5, 5.41) is 0. The lowest BCUT2D eigenvalue weighted by atomic mass is 15.7. The molecule has 9 nitrogen and oxygen atoms in total. The Hall–Kier alpha value is 2.49. The van der Waals surface area contributed by atoms with Crippen molar-refractivity contribution in [1.82, 2.24) is 0 Å². The van der Waals surface area contributed by atoms with Crippen LogP contribution in [-0.2, 0) is 4.57 Å². The highest BCUT2D eigenvalue weighted by molar-refractivity contribution is 7.45. The third-order valence-corrected chi connectivity index (χ3v) is 0. The Balaban J connectivity index is -0.0000000128. The van der Waals surface area contributed by atoms with Crippen molar-refractivity contribution in [3.63, 3.8) is 0 Å². The van der Waals surface area contributed by atoms with Gasteiger partial charge in [-0.3, -0.25) is 0 Å². The molecule has 0 amide bonds. The van der Waals surface area contributed by atoms with Crippen molar-refractivity contribution in [2.24, 2.45) is 0 Å². The van der Waals surface area contributed by atoms with Crippen LogP contribution in [0.25, 0.3) is 0 Å². The summed E-state index contributed by atoms with van der Waals surface area (Å²) >= 11 is 0. The summed E-state index contributed by atoms with van der Waals surface area (Å²) in [7, 11) is -9.25. The van der Waals surface area contributed by atoms with Crippen LogP contribution in [0.1, 0.15) is 0 Å². The molecule has 15 heavy (non-hydrogen) atoms. The lowest BCUT2D eigenvalue weighted by Crippen LogP contribution is -2.33. The van der Waals surface area contributed by atoms with Gasteiger partial charge in [0.1, 0.15) is 0 Å². The molecule has 0 saturated heterocycles. The van der Waals surface area contributed by atoms with Gasteiger partial charge in [-0.25, -0.2) is 4.57 Å². The van der Waals surface area contributed by atoms with Gasteiger partial charge in [0.15, 0.2) is 52.1 Å². The molecule has 0 bridgehead atoms. The van der Waals surface area contributed by atoms with E-state index >= 15 is 0 Å². The van der Waals surface area contributed by atoms with E-state index in [4.69, 9.17) is 38.4 Å². The largest absolute Gasteiger partial charge is 0.668 e. The van der Waals surface area contributed by atoms with E-state index in [-0.39, 0.29) is 80.6 Å². The second kappa shape index (κ2) is 18.8. The fourth-order valence-corrected chi connectivity index (χ4v) is 0. The smallest absolute Gasteiger partial charge is 0.412 e. The lowest BCUT2D eigenvalue weighted by Gasteiger charge is -1.91. The molecule has 94 valence electrons. The fourth-order valence-electron chi connectivity index (χ4n) is 0. The standard InChI is InChI=1S/3Al.Mg.H3O4P.H4O4Si.H2O.11H/c;;;;2*1-5(2,3)4;;;;;;;;;;;;/h;;;;(H3,1,2,3,4);1-4H;1H2;;;;;;;;;;;. The van der Waals surface area contributed by atoms with Crippen molar-refractivity contribution in [2.75, 3.05) is 0 Å². The molecule has 0 aromatic carbocycles. The topological polar surface area (TPSA) is 190 Å². The summed E-state index contributed by atoms with van der Waals surface area (Å²) in [4.78, 5) is 50.9. The van der Waals surface area contributed by atoms with E-state index in [1.54, 1.807) is 0 Å². The molecule has 0 radical (unpaired) electrons. The van der Waals surface area contributed by atoms with Crippen molar-refractivity contribution < 1.29 is 43.9 Å². The van der Waals surface area contributed by atoms with E-state index in [9.17, 15) is 0 Å². The average Bonchev–Trinajstić information content (AvgIpc) is 1.12. The van der Waals surface area contributed by atoms with E-state index in [1.807, 2.05) is 0 Å². The van der Waals surface area contributed by atoms with Gasteiger partial charge in [-0.05, 0) is 0 Å². The third-order valence-electron chi connectivity index (χ3n) is 0. The van der Waals surface area contributed by atoms with Gasteiger partial charge in [-0.15, -0.1) is 0 Å². The first-order valence-electron chi connectivity index (χ1n) is 1.68. The van der Waals surface area contributed by atoms with Crippen LogP contribution in [0.2, 0.25) is 0 Å². The Kier molecular flexibility index (Phi) is 54.3. The molecule has 0 heterocycles. The predicted octanol–water partition coefficient (Wildman–Crippen LogP) is -8.83. The molecule has 0 saturated carbocycles. The zero-order valence-electron chi connectivity index (χ0n) is 4.99. The number of hydrogen-bond acceptors (Lipinski definition) is 5. The minimum Gasteiger partial charge on any atom is -0.412 e. The molecule has 0 aliphatic heterocycles. The van der Waals surface area contributed by atoms with E-state index in [1.165, 1.54) is 0 Å². The Morgan fingerprint density at radius 3 is 0.800 bits per heavy atom. The van der Waals surface area contributed by atoms with Gasteiger partial charge < -0.3 is 39.3 Å². The Morgan fingerprint density at radius 1 is 0.800 bits per heavy atom. The molecular formula is H20Al3MgO9PSi. The minimum absolute atomic E-state index is 0. The summed E-state index contributed by atoms with van der Waals surface area (Å²) < 4.78 is 8.88. The van der Waals surface area contributed by atoms with E-state index in [2.05, 4.69) is 0 Å². The summed E-state index contributed by atoms with van der Waals surface area (Å²) in [6, 6.07) is 0. The molecule has 9 N–H and O–H groups in total. The number of phosphoric acid groups is 1. The first-order chi connectivity index (χ1) is 4.00. The van der Waals surface area contributed by atoms with Crippen molar-refractivity contribution in [3.05, 3.63) is 0 Å². The molecule has 0 fully saturated rings. The predicted molar refractivity (Wildman–Crippen MR) is 70.9 cm³/mol. The van der Waals surface area contributed by atoms with Crippen molar-refractivity contribution in [3.8, 4) is 0 Å². The van der Waals surface area contributed by atoms with Gasteiger partial charge in [0.2, 0.25) is 0 Å². The summed E-state index contributed by atoms with van der Waals surface area (Å²) in [5.74, 6) is 0. The molecule has 0 aromatic heterocycles. The van der Waals surface area contributed by atoms with Gasteiger partial charge in [-0.2, -0.15) is 0 Å². The summed E-state index contributed by atoms with van der Waals surface area (Å²) in [6.45, 7) is 0. The number of rotatable bonds is 0. The molecular weight excluding hydrogens is 308 g/mol. The van der Waals surface area contributed by atoms with Crippen LogP contribution in [-0.4, -0.2) is 124 Å². The highest BCUT2D eigenvalue weighted by Crippen LogP contribution is 2.25. The average molecular weight is 328 g/mol. The molecule has 0 unspecified atom stereocenters. The molecule has 15 heteroatoms.